The van der Waals surface area contributed by atoms with E-state index in [1.54, 1.807) is 0 Å². The van der Waals surface area contributed by atoms with Gasteiger partial charge in [0.05, 0.1) is 4.88 Å². The maximum absolute atomic E-state index is 12.4. The van der Waals surface area contributed by atoms with E-state index in [0.717, 1.165) is 27.4 Å². The number of benzene rings is 2. The van der Waals surface area contributed by atoms with Crippen LogP contribution in [0.15, 0.2) is 60.7 Å². The van der Waals surface area contributed by atoms with Crippen molar-refractivity contribution in [1.29, 1.82) is 0 Å². The molecule has 1 aliphatic rings. The number of para-hydroxylation sites is 2. The van der Waals surface area contributed by atoms with E-state index in [2.05, 4.69) is 5.32 Å². The highest BCUT2D eigenvalue weighted by molar-refractivity contribution is 7.17. The minimum Gasteiger partial charge on any atom is -0.488 e. The fourth-order valence-electron chi connectivity index (χ4n) is 2.53. The van der Waals surface area contributed by atoms with Crippen molar-refractivity contribution in [2.75, 3.05) is 5.32 Å². The minimum absolute atomic E-state index is 0.0805. The summed E-state index contributed by atoms with van der Waals surface area (Å²) in [6.07, 6.45) is 0. The molecule has 2 heterocycles. The SMILES string of the molecule is O=C(Nc1ccccc1)c1cc2c(s1)-c1ccccc1OC2. The molecule has 1 aliphatic heterocycles. The van der Waals surface area contributed by atoms with Crippen molar-refractivity contribution in [3.63, 3.8) is 0 Å². The van der Waals surface area contributed by atoms with Crippen LogP contribution in [0.3, 0.4) is 0 Å². The fourth-order valence-corrected chi connectivity index (χ4v) is 3.62. The summed E-state index contributed by atoms with van der Waals surface area (Å²) in [6, 6.07) is 19.3. The molecule has 1 amide bonds. The number of carbonyl (C=O) groups excluding carboxylic acids is 1. The maximum Gasteiger partial charge on any atom is 0.265 e. The van der Waals surface area contributed by atoms with Gasteiger partial charge in [-0.25, -0.2) is 0 Å². The van der Waals surface area contributed by atoms with Crippen molar-refractivity contribution in [2.24, 2.45) is 0 Å². The Morgan fingerprint density at radius 3 is 2.68 bits per heavy atom. The molecule has 0 saturated heterocycles. The van der Waals surface area contributed by atoms with Crippen molar-refractivity contribution in [1.82, 2.24) is 0 Å². The number of ether oxygens (including phenoxy) is 1. The highest BCUT2D eigenvalue weighted by Crippen LogP contribution is 2.42. The third kappa shape index (κ3) is 2.27. The summed E-state index contributed by atoms with van der Waals surface area (Å²) in [5.74, 6) is 0.801. The summed E-state index contributed by atoms with van der Waals surface area (Å²) in [5.41, 5.74) is 2.94. The summed E-state index contributed by atoms with van der Waals surface area (Å²) in [7, 11) is 0. The van der Waals surface area contributed by atoms with Gasteiger partial charge in [-0.05, 0) is 30.3 Å². The van der Waals surface area contributed by atoms with E-state index in [4.69, 9.17) is 4.74 Å². The van der Waals surface area contributed by atoms with Crippen LogP contribution in [0.1, 0.15) is 15.2 Å². The lowest BCUT2D eigenvalue weighted by Gasteiger charge is -2.16. The molecule has 0 aliphatic carbocycles. The summed E-state index contributed by atoms with van der Waals surface area (Å²) < 4.78 is 5.74. The predicted molar refractivity (Wildman–Crippen MR) is 88.5 cm³/mol. The normalized spacial score (nSPS) is 12.0. The molecule has 1 N–H and O–H groups in total. The van der Waals surface area contributed by atoms with E-state index in [0.29, 0.717) is 11.5 Å². The summed E-state index contributed by atoms with van der Waals surface area (Å²) in [4.78, 5) is 14.2. The van der Waals surface area contributed by atoms with Crippen LogP contribution in [-0.2, 0) is 6.61 Å². The molecule has 4 heteroatoms. The Bertz CT molecular complexity index is 839. The smallest absolute Gasteiger partial charge is 0.265 e. The van der Waals surface area contributed by atoms with Gasteiger partial charge in [0.15, 0.2) is 0 Å². The van der Waals surface area contributed by atoms with E-state index in [1.807, 2.05) is 60.7 Å². The fraction of sp³-hybridized carbons (Fsp3) is 0.0556. The largest absolute Gasteiger partial charge is 0.488 e. The van der Waals surface area contributed by atoms with Crippen LogP contribution >= 0.6 is 11.3 Å². The molecule has 3 aromatic rings. The molecule has 0 saturated carbocycles. The Kier molecular flexibility index (Phi) is 3.16. The number of hydrogen-bond acceptors (Lipinski definition) is 3. The van der Waals surface area contributed by atoms with E-state index in [9.17, 15) is 4.79 Å². The second-order valence-electron chi connectivity index (χ2n) is 5.07. The van der Waals surface area contributed by atoms with E-state index in [1.165, 1.54) is 11.3 Å². The van der Waals surface area contributed by atoms with Crippen LogP contribution in [0.25, 0.3) is 10.4 Å². The van der Waals surface area contributed by atoms with Crippen LogP contribution in [-0.4, -0.2) is 5.91 Å². The molecule has 108 valence electrons. The Morgan fingerprint density at radius 2 is 1.82 bits per heavy atom. The molecule has 4 rings (SSSR count). The first-order valence-corrected chi connectivity index (χ1v) is 7.84. The van der Waals surface area contributed by atoms with Gasteiger partial charge in [0.2, 0.25) is 0 Å². The van der Waals surface area contributed by atoms with E-state index in [-0.39, 0.29) is 5.91 Å². The van der Waals surface area contributed by atoms with Gasteiger partial charge in [0.1, 0.15) is 12.4 Å². The molecule has 1 aromatic heterocycles. The lowest BCUT2D eigenvalue weighted by Crippen LogP contribution is -2.09. The number of fused-ring (bicyclic) bond motifs is 3. The van der Waals surface area contributed by atoms with Gasteiger partial charge in [-0.1, -0.05) is 30.3 Å². The summed E-state index contributed by atoms with van der Waals surface area (Å²) >= 11 is 1.51. The average Bonchev–Trinajstić information content (AvgIpc) is 3.00. The molecule has 0 spiro atoms. The standard InChI is InChI=1S/C18H13NO2S/c20-18(19-13-6-2-1-3-7-13)16-10-12-11-21-15-9-5-4-8-14(15)17(12)22-16/h1-10H,11H2,(H,19,20). The second kappa shape index (κ2) is 5.31. The van der Waals surface area contributed by atoms with Crippen LogP contribution in [0.2, 0.25) is 0 Å². The molecule has 0 bridgehead atoms. The monoisotopic (exact) mass is 307 g/mol. The molecule has 3 nitrogen and oxygen atoms in total. The lowest BCUT2D eigenvalue weighted by atomic mass is 10.1. The van der Waals surface area contributed by atoms with E-state index >= 15 is 0 Å². The first kappa shape index (κ1) is 13.1. The topological polar surface area (TPSA) is 38.3 Å². The van der Waals surface area contributed by atoms with Crippen molar-refractivity contribution >= 4 is 22.9 Å². The number of nitrogens with one attached hydrogen (secondary N) is 1. The number of thiophene rings is 1. The highest BCUT2D eigenvalue weighted by atomic mass is 32.1. The van der Waals surface area contributed by atoms with E-state index < -0.39 is 0 Å². The number of anilines is 1. The number of rotatable bonds is 2. The number of amides is 1. The van der Waals surface area contributed by atoms with Gasteiger partial charge in [-0.2, -0.15) is 0 Å². The third-order valence-corrected chi connectivity index (χ3v) is 4.79. The predicted octanol–water partition coefficient (Wildman–Crippen LogP) is 4.56. The first-order chi connectivity index (χ1) is 10.8. The number of hydrogen-bond donors (Lipinski definition) is 1. The zero-order valence-electron chi connectivity index (χ0n) is 11.7. The number of carbonyl (C=O) groups is 1. The second-order valence-corrected chi connectivity index (χ2v) is 6.12. The van der Waals surface area contributed by atoms with Gasteiger partial charge in [0, 0.05) is 21.7 Å². The third-order valence-electron chi connectivity index (χ3n) is 3.58. The molecule has 0 radical (unpaired) electrons. The lowest BCUT2D eigenvalue weighted by molar-refractivity contribution is 0.103. The van der Waals surface area contributed by atoms with Gasteiger partial charge < -0.3 is 10.1 Å². The first-order valence-electron chi connectivity index (χ1n) is 7.02. The van der Waals surface area contributed by atoms with Crippen molar-refractivity contribution in [3.8, 4) is 16.2 Å². The van der Waals surface area contributed by atoms with Crippen molar-refractivity contribution in [3.05, 3.63) is 71.1 Å². The molecule has 0 unspecified atom stereocenters. The van der Waals surface area contributed by atoms with Crippen molar-refractivity contribution < 1.29 is 9.53 Å². The van der Waals surface area contributed by atoms with Crippen LogP contribution in [0.4, 0.5) is 5.69 Å². The molecular formula is C18H13NO2S. The summed E-state index contributed by atoms with van der Waals surface area (Å²) in [5, 5.41) is 2.92. The molecule has 22 heavy (non-hydrogen) atoms. The quantitative estimate of drug-likeness (QED) is 0.753. The van der Waals surface area contributed by atoms with Crippen molar-refractivity contribution in [2.45, 2.75) is 6.61 Å². The Labute approximate surface area is 132 Å². The van der Waals surface area contributed by atoms with Crippen LogP contribution in [0.5, 0.6) is 5.75 Å². The van der Waals surface area contributed by atoms with Crippen LogP contribution < -0.4 is 10.1 Å². The van der Waals surface area contributed by atoms with Gasteiger partial charge >= 0.3 is 0 Å². The zero-order chi connectivity index (χ0) is 14.9. The Morgan fingerprint density at radius 1 is 1.05 bits per heavy atom. The zero-order valence-corrected chi connectivity index (χ0v) is 12.5. The van der Waals surface area contributed by atoms with Crippen LogP contribution in [0, 0.1) is 0 Å². The van der Waals surface area contributed by atoms with Gasteiger partial charge in [0.25, 0.3) is 5.91 Å². The molecule has 0 fully saturated rings. The Balaban J connectivity index is 1.66. The average molecular weight is 307 g/mol. The Hall–Kier alpha value is -2.59. The van der Waals surface area contributed by atoms with Gasteiger partial charge in [-0.15, -0.1) is 11.3 Å². The molecule has 2 aromatic carbocycles. The van der Waals surface area contributed by atoms with Gasteiger partial charge in [-0.3, -0.25) is 4.79 Å². The summed E-state index contributed by atoms with van der Waals surface area (Å²) in [6.45, 7) is 0.515. The molecular weight excluding hydrogens is 294 g/mol. The molecule has 0 atom stereocenters. The highest BCUT2D eigenvalue weighted by Gasteiger charge is 2.22. The maximum atomic E-state index is 12.4. The minimum atomic E-state index is -0.0805.